The van der Waals surface area contributed by atoms with Crippen molar-refractivity contribution in [2.75, 3.05) is 39.8 Å². The fourth-order valence-corrected chi connectivity index (χ4v) is 8.11. The number of hydrogen-bond donors (Lipinski definition) is 2. The minimum atomic E-state index is -0.259. The molecule has 4 aliphatic heterocycles. The summed E-state index contributed by atoms with van der Waals surface area (Å²) in [6.07, 6.45) is 7.89. The normalized spacial score (nSPS) is 36.0. The van der Waals surface area contributed by atoms with Crippen molar-refractivity contribution in [1.29, 1.82) is 5.26 Å². The van der Waals surface area contributed by atoms with Gasteiger partial charge in [-0.05, 0) is 75.4 Å². The summed E-state index contributed by atoms with van der Waals surface area (Å²) in [6.45, 7) is 10.4. The second-order valence-corrected chi connectivity index (χ2v) is 12.9. The highest BCUT2D eigenvalue weighted by molar-refractivity contribution is 5.87. The van der Waals surface area contributed by atoms with Gasteiger partial charge >= 0.3 is 0 Å². The molecule has 1 aliphatic carbocycles. The van der Waals surface area contributed by atoms with Gasteiger partial charge < -0.3 is 19.3 Å². The van der Waals surface area contributed by atoms with E-state index in [1.807, 2.05) is 4.90 Å². The zero-order valence-corrected chi connectivity index (χ0v) is 24.7. The van der Waals surface area contributed by atoms with E-state index in [9.17, 15) is 10.1 Å². The first-order chi connectivity index (χ1) is 19.9. The predicted molar refractivity (Wildman–Crippen MR) is 156 cm³/mol. The highest BCUT2D eigenvalue weighted by Crippen LogP contribution is 2.44. The molecule has 6 rings (SSSR count). The van der Waals surface area contributed by atoms with E-state index in [1.165, 1.54) is 35.6 Å². The molecule has 4 fully saturated rings. The third-order valence-corrected chi connectivity index (χ3v) is 10.5. The first-order valence-electron chi connectivity index (χ1n) is 15.5. The summed E-state index contributed by atoms with van der Waals surface area (Å²) < 4.78 is 13.3. The lowest BCUT2D eigenvalue weighted by molar-refractivity contribution is -0.153. The number of nitrogens with zero attached hydrogens (tertiary/aromatic N) is 4. The summed E-state index contributed by atoms with van der Waals surface area (Å²) in [6, 6.07) is 9.50. The largest absolute Gasteiger partial charge is 0.370 e. The molecule has 6 unspecified atom stereocenters. The number of piperazine rings is 1. The molecule has 5 aliphatic rings. The third kappa shape index (κ3) is 5.83. The maximum atomic E-state index is 12.5. The smallest absolute Gasteiger partial charge is 0.246 e. The van der Waals surface area contributed by atoms with Crippen LogP contribution < -0.4 is 10.6 Å². The van der Waals surface area contributed by atoms with Crippen LogP contribution in [0.25, 0.3) is 0 Å². The Morgan fingerprint density at radius 3 is 2.93 bits per heavy atom. The minimum absolute atomic E-state index is 0.0903. The van der Waals surface area contributed by atoms with Crippen LogP contribution in [-0.2, 0) is 27.3 Å². The van der Waals surface area contributed by atoms with Crippen molar-refractivity contribution in [2.24, 2.45) is 5.92 Å². The number of fused-ring (bicyclic) bond motifs is 2. The second-order valence-electron chi connectivity index (χ2n) is 12.9. The van der Waals surface area contributed by atoms with Gasteiger partial charge in [-0.25, -0.2) is 0 Å². The number of aryl methyl sites for hydroxylation is 1. The number of nitrogens with one attached hydrogen (secondary N) is 2. The van der Waals surface area contributed by atoms with E-state index in [0.717, 1.165) is 38.8 Å². The van der Waals surface area contributed by atoms with Crippen molar-refractivity contribution in [3.05, 3.63) is 47.5 Å². The maximum Gasteiger partial charge on any atom is 0.246 e. The first kappa shape index (κ1) is 28.8. The summed E-state index contributed by atoms with van der Waals surface area (Å²) in [5.74, 6) is 0.286. The van der Waals surface area contributed by atoms with Gasteiger partial charge in [0.05, 0.1) is 43.5 Å². The number of rotatable bonds is 6. The van der Waals surface area contributed by atoms with Crippen LogP contribution in [-0.4, -0.2) is 96.7 Å². The van der Waals surface area contributed by atoms with E-state index < -0.39 is 0 Å². The molecule has 41 heavy (non-hydrogen) atoms. The number of carbonyl (C=O) groups excluding carboxylic acids is 1. The molecular weight excluding hydrogens is 516 g/mol. The highest BCUT2D eigenvalue weighted by atomic mass is 16.5. The van der Waals surface area contributed by atoms with Crippen molar-refractivity contribution < 1.29 is 14.3 Å². The van der Waals surface area contributed by atoms with Crippen molar-refractivity contribution in [2.45, 2.75) is 94.7 Å². The molecule has 1 saturated carbocycles. The summed E-state index contributed by atoms with van der Waals surface area (Å²) in [5, 5.41) is 17.2. The molecule has 0 bridgehead atoms. The van der Waals surface area contributed by atoms with Gasteiger partial charge in [0, 0.05) is 44.1 Å². The van der Waals surface area contributed by atoms with Crippen molar-refractivity contribution in [3.63, 3.8) is 0 Å². The predicted octanol–water partition coefficient (Wildman–Crippen LogP) is 2.50. The van der Waals surface area contributed by atoms with E-state index in [1.54, 1.807) is 0 Å². The molecule has 3 saturated heterocycles. The van der Waals surface area contributed by atoms with Crippen LogP contribution in [0.5, 0.6) is 0 Å². The van der Waals surface area contributed by atoms with Crippen LogP contribution in [0.3, 0.4) is 0 Å². The van der Waals surface area contributed by atoms with Gasteiger partial charge in [0.2, 0.25) is 5.91 Å². The molecule has 9 nitrogen and oxygen atoms in total. The van der Waals surface area contributed by atoms with E-state index in [-0.39, 0.29) is 36.1 Å². The van der Waals surface area contributed by atoms with Gasteiger partial charge in [-0.2, -0.15) is 5.26 Å². The van der Waals surface area contributed by atoms with E-state index >= 15 is 0 Å². The molecule has 4 heterocycles. The van der Waals surface area contributed by atoms with E-state index in [0.29, 0.717) is 44.7 Å². The molecule has 9 heteroatoms. The zero-order valence-electron chi connectivity index (χ0n) is 24.7. The average molecular weight is 563 g/mol. The SMILES string of the molecule is C=CC(=O)N1CCN(C2NC(OCC3CCCN3C)NC3C[C@]4(CCC32)Cc2cccc(C)c2CO4)CC1CC#N. The summed E-state index contributed by atoms with van der Waals surface area (Å²) >= 11 is 0. The molecule has 7 atom stereocenters. The molecule has 0 aromatic heterocycles. The molecule has 1 amide bonds. The summed E-state index contributed by atoms with van der Waals surface area (Å²) in [4.78, 5) is 19.2. The fraction of sp³-hybridized carbons (Fsp3) is 0.688. The fourth-order valence-electron chi connectivity index (χ4n) is 8.11. The lowest BCUT2D eigenvalue weighted by Gasteiger charge is -2.56. The molecule has 0 radical (unpaired) electrons. The van der Waals surface area contributed by atoms with Gasteiger partial charge in [0.15, 0.2) is 6.35 Å². The third-order valence-electron chi connectivity index (χ3n) is 10.5. The zero-order chi connectivity index (χ0) is 28.6. The summed E-state index contributed by atoms with van der Waals surface area (Å²) in [5.41, 5.74) is 3.94. The van der Waals surface area contributed by atoms with Crippen LogP contribution in [0.15, 0.2) is 30.9 Å². The Morgan fingerprint density at radius 1 is 1.27 bits per heavy atom. The Bertz CT molecular complexity index is 1170. The Balaban J connectivity index is 1.21. The number of nitriles is 1. The molecule has 1 aromatic carbocycles. The standard InChI is InChI=1S/C32H46N6O3/c1-4-29(39)38-16-15-37(19-24(38)11-13-33)30-26-10-12-32(17-23-8-5-7-22(2)27(23)21-41-32)18-28(26)34-31(35-30)40-20-25-9-6-14-36(25)3/h4-5,7-8,24-26,28,30-31,34-35H,1,6,9-12,14-21H2,2-3H3/t24?,25?,26?,28?,30?,31?,32-/m0/s1. The monoisotopic (exact) mass is 562 g/mol. The van der Waals surface area contributed by atoms with Gasteiger partial charge in [0.1, 0.15) is 0 Å². The molecule has 2 N–H and O–H groups in total. The van der Waals surface area contributed by atoms with Crippen molar-refractivity contribution in [3.8, 4) is 6.07 Å². The topological polar surface area (TPSA) is 93.1 Å². The number of likely N-dealkylation sites (tertiary alicyclic amines) is 1. The minimum Gasteiger partial charge on any atom is -0.370 e. The number of ether oxygens (including phenoxy) is 2. The Kier molecular flexibility index (Phi) is 8.51. The number of amides is 1. The van der Waals surface area contributed by atoms with Crippen molar-refractivity contribution >= 4 is 5.91 Å². The van der Waals surface area contributed by atoms with Crippen molar-refractivity contribution in [1.82, 2.24) is 25.3 Å². The Hall–Kier alpha value is -2.32. The maximum absolute atomic E-state index is 12.5. The second kappa shape index (κ2) is 12.1. The summed E-state index contributed by atoms with van der Waals surface area (Å²) in [7, 11) is 2.19. The lowest BCUT2D eigenvalue weighted by atomic mass is 9.69. The molecule has 1 spiro atoms. The van der Waals surface area contributed by atoms with Crippen LogP contribution in [0.1, 0.15) is 55.2 Å². The number of carbonyl (C=O) groups is 1. The van der Waals surface area contributed by atoms with Gasteiger partial charge in [-0.3, -0.25) is 20.3 Å². The van der Waals surface area contributed by atoms with E-state index in [2.05, 4.69) is 65.3 Å². The molecular formula is C32H46N6O3. The Morgan fingerprint density at radius 2 is 2.15 bits per heavy atom. The van der Waals surface area contributed by atoms with Gasteiger partial charge in [0.25, 0.3) is 0 Å². The van der Waals surface area contributed by atoms with Gasteiger partial charge in [-0.1, -0.05) is 24.8 Å². The van der Waals surface area contributed by atoms with E-state index in [4.69, 9.17) is 9.47 Å². The van der Waals surface area contributed by atoms with Gasteiger partial charge in [-0.15, -0.1) is 0 Å². The van der Waals surface area contributed by atoms with Crippen LogP contribution in [0.2, 0.25) is 0 Å². The number of hydrogen-bond acceptors (Lipinski definition) is 8. The average Bonchev–Trinajstić information content (AvgIpc) is 3.39. The number of benzene rings is 1. The van der Waals surface area contributed by atoms with Crippen LogP contribution >= 0.6 is 0 Å². The first-order valence-corrected chi connectivity index (χ1v) is 15.5. The number of likely N-dealkylation sites (N-methyl/N-ethyl adjacent to an activating group) is 1. The molecule has 222 valence electrons. The lowest BCUT2D eigenvalue weighted by Crippen LogP contribution is -2.73. The van der Waals surface area contributed by atoms with Crippen LogP contribution in [0.4, 0.5) is 0 Å². The quantitative estimate of drug-likeness (QED) is 0.511. The molecule has 1 aromatic rings. The van der Waals surface area contributed by atoms with Crippen LogP contribution in [0, 0.1) is 24.2 Å². The Labute approximate surface area is 244 Å². The highest BCUT2D eigenvalue weighted by Gasteiger charge is 2.51.